The summed E-state index contributed by atoms with van der Waals surface area (Å²) in [6.07, 6.45) is -0.326. The van der Waals surface area contributed by atoms with E-state index < -0.39 is 28.1 Å². The van der Waals surface area contributed by atoms with Gasteiger partial charge < -0.3 is 15.4 Å². The Labute approximate surface area is 180 Å². The SMILES string of the molecule is Cc1ccc(C)c(S(=O)(=O)N2CCCO[C@@H]2CNC(=O)C(=O)NCc2cccs2)c1. The lowest BCUT2D eigenvalue weighted by Gasteiger charge is -2.35. The van der Waals surface area contributed by atoms with Gasteiger partial charge >= 0.3 is 11.8 Å². The van der Waals surface area contributed by atoms with Crippen LogP contribution in [0.15, 0.2) is 40.6 Å². The monoisotopic (exact) mass is 451 g/mol. The fourth-order valence-electron chi connectivity index (χ4n) is 3.14. The van der Waals surface area contributed by atoms with E-state index in [2.05, 4.69) is 10.6 Å². The van der Waals surface area contributed by atoms with Crippen LogP contribution in [0, 0.1) is 13.8 Å². The third kappa shape index (κ3) is 5.25. The van der Waals surface area contributed by atoms with Crippen LogP contribution in [0.3, 0.4) is 0 Å². The van der Waals surface area contributed by atoms with Crippen LogP contribution in [0.5, 0.6) is 0 Å². The minimum atomic E-state index is -3.81. The van der Waals surface area contributed by atoms with E-state index >= 15 is 0 Å². The van der Waals surface area contributed by atoms with Crippen molar-refractivity contribution in [3.63, 3.8) is 0 Å². The number of nitrogens with zero attached hydrogens (tertiary/aromatic N) is 1. The smallest absolute Gasteiger partial charge is 0.309 e. The Kier molecular flexibility index (Phi) is 7.24. The van der Waals surface area contributed by atoms with Crippen LogP contribution in [0.25, 0.3) is 0 Å². The van der Waals surface area contributed by atoms with Gasteiger partial charge in [0.05, 0.1) is 24.6 Å². The number of carbonyl (C=O) groups excluding carboxylic acids is 2. The van der Waals surface area contributed by atoms with Crippen LogP contribution >= 0.6 is 11.3 Å². The minimum absolute atomic E-state index is 0.116. The number of hydrogen-bond donors (Lipinski definition) is 2. The Morgan fingerprint density at radius 1 is 1.20 bits per heavy atom. The Morgan fingerprint density at radius 3 is 2.70 bits per heavy atom. The van der Waals surface area contributed by atoms with Gasteiger partial charge in [0, 0.05) is 11.4 Å². The van der Waals surface area contributed by atoms with Crippen molar-refractivity contribution in [2.75, 3.05) is 19.7 Å². The van der Waals surface area contributed by atoms with Gasteiger partial charge in [-0.3, -0.25) is 9.59 Å². The normalized spacial score (nSPS) is 17.5. The zero-order chi connectivity index (χ0) is 21.7. The molecule has 0 aliphatic carbocycles. The van der Waals surface area contributed by atoms with Crippen molar-refractivity contribution < 1.29 is 22.7 Å². The quantitative estimate of drug-likeness (QED) is 0.648. The van der Waals surface area contributed by atoms with Gasteiger partial charge in [-0.15, -0.1) is 11.3 Å². The maximum absolute atomic E-state index is 13.2. The molecule has 0 saturated carbocycles. The first-order valence-corrected chi connectivity index (χ1v) is 11.9. The fourth-order valence-corrected chi connectivity index (χ4v) is 5.66. The van der Waals surface area contributed by atoms with Crippen molar-refractivity contribution in [1.29, 1.82) is 0 Å². The number of ether oxygens (including phenoxy) is 1. The third-order valence-corrected chi connectivity index (χ3v) is 7.64. The maximum Gasteiger partial charge on any atom is 0.309 e. The number of amides is 2. The van der Waals surface area contributed by atoms with Crippen molar-refractivity contribution >= 4 is 33.2 Å². The number of rotatable bonds is 6. The molecule has 0 spiro atoms. The summed E-state index contributed by atoms with van der Waals surface area (Å²) in [4.78, 5) is 25.3. The number of thiophene rings is 1. The summed E-state index contributed by atoms with van der Waals surface area (Å²) in [5, 5.41) is 6.91. The average molecular weight is 452 g/mol. The minimum Gasteiger partial charge on any atom is -0.360 e. The second kappa shape index (κ2) is 9.69. The van der Waals surface area contributed by atoms with Gasteiger partial charge in [-0.2, -0.15) is 4.31 Å². The molecule has 2 amide bonds. The highest BCUT2D eigenvalue weighted by Crippen LogP contribution is 2.25. The molecule has 1 aliphatic rings. The summed E-state index contributed by atoms with van der Waals surface area (Å²) in [7, 11) is -3.81. The molecule has 0 unspecified atom stereocenters. The first-order valence-electron chi connectivity index (χ1n) is 9.58. The van der Waals surface area contributed by atoms with Gasteiger partial charge in [-0.1, -0.05) is 18.2 Å². The molecule has 2 N–H and O–H groups in total. The molecule has 10 heteroatoms. The molecule has 1 aromatic heterocycles. The largest absolute Gasteiger partial charge is 0.360 e. The standard InChI is InChI=1S/C20H25N3O5S2/c1-14-6-7-15(2)17(11-14)30(26,27)23-8-4-9-28-18(23)13-22-20(25)19(24)21-12-16-5-3-10-29-16/h3,5-7,10-11,18H,4,8-9,12-13H2,1-2H3,(H,21,24)(H,22,25)/t18-/m1/s1. The van der Waals surface area contributed by atoms with E-state index in [9.17, 15) is 18.0 Å². The Hall–Kier alpha value is -2.27. The van der Waals surface area contributed by atoms with Gasteiger partial charge in [0.15, 0.2) is 0 Å². The lowest BCUT2D eigenvalue weighted by molar-refractivity contribution is -0.140. The van der Waals surface area contributed by atoms with Gasteiger partial charge in [0.1, 0.15) is 6.23 Å². The summed E-state index contributed by atoms with van der Waals surface area (Å²) in [6, 6.07) is 8.97. The molecule has 8 nitrogen and oxygen atoms in total. The number of nitrogens with one attached hydrogen (secondary N) is 2. The van der Waals surface area contributed by atoms with E-state index in [-0.39, 0.29) is 24.5 Å². The van der Waals surface area contributed by atoms with E-state index in [1.165, 1.54) is 15.6 Å². The van der Waals surface area contributed by atoms with Crippen LogP contribution in [0.1, 0.15) is 22.4 Å². The molecule has 1 atom stereocenters. The van der Waals surface area contributed by atoms with Crippen LogP contribution < -0.4 is 10.6 Å². The molecule has 3 rings (SSSR count). The molecule has 2 heterocycles. The predicted molar refractivity (Wildman–Crippen MR) is 113 cm³/mol. The van der Waals surface area contributed by atoms with Crippen LogP contribution in [0.4, 0.5) is 0 Å². The Bertz CT molecular complexity index is 1010. The van der Waals surface area contributed by atoms with Crippen molar-refractivity contribution in [2.45, 2.75) is 37.9 Å². The summed E-state index contributed by atoms with van der Waals surface area (Å²) in [5.41, 5.74) is 1.48. The first kappa shape index (κ1) is 22.4. The van der Waals surface area contributed by atoms with Gasteiger partial charge in [0.2, 0.25) is 10.0 Å². The third-order valence-electron chi connectivity index (χ3n) is 4.73. The molecule has 1 saturated heterocycles. The van der Waals surface area contributed by atoms with Gasteiger partial charge in [-0.25, -0.2) is 8.42 Å². The second-order valence-electron chi connectivity index (χ2n) is 7.04. The maximum atomic E-state index is 13.2. The van der Waals surface area contributed by atoms with Gasteiger partial charge in [0.25, 0.3) is 0 Å². The number of hydrogen-bond acceptors (Lipinski definition) is 6. The number of carbonyl (C=O) groups is 2. The van der Waals surface area contributed by atoms with E-state index in [1.54, 1.807) is 19.1 Å². The predicted octanol–water partition coefficient (Wildman–Crippen LogP) is 1.53. The molecule has 0 bridgehead atoms. The molecule has 30 heavy (non-hydrogen) atoms. The highest BCUT2D eigenvalue weighted by atomic mass is 32.2. The summed E-state index contributed by atoms with van der Waals surface area (Å²) in [6.45, 7) is 4.38. The first-order chi connectivity index (χ1) is 14.3. The molecular weight excluding hydrogens is 426 g/mol. The number of benzene rings is 1. The topological polar surface area (TPSA) is 105 Å². The summed E-state index contributed by atoms with van der Waals surface area (Å²) < 4.78 is 33.3. The molecule has 1 aliphatic heterocycles. The number of sulfonamides is 1. The van der Waals surface area contributed by atoms with Crippen molar-refractivity contribution in [1.82, 2.24) is 14.9 Å². The van der Waals surface area contributed by atoms with Crippen LogP contribution in [-0.2, 0) is 30.9 Å². The van der Waals surface area contributed by atoms with E-state index in [0.29, 0.717) is 18.6 Å². The average Bonchev–Trinajstić information content (AvgIpc) is 3.25. The van der Waals surface area contributed by atoms with Crippen molar-refractivity contribution in [3.8, 4) is 0 Å². The van der Waals surface area contributed by atoms with E-state index in [1.807, 2.05) is 30.5 Å². The molecule has 2 aromatic rings. The van der Waals surface area contributed by atoms with Crippen molar-refractivity contribution in [3.05, 3.63) is 51.7 Å². The van der Waals surface area contributed by atoms with E-state index in [0.717, 1.165) is 10.4 Å². The zero-order valence-corrected chi connectivity index (χ0v) is 18.5. The molecule has 162 valence electrons. The Balaban J connectivity index is 1.64. The van der Waals surface area contributed by atoms with Crippen molar-refractivity contribution in [2.24, 2.45) is 0 Å². The molecule has 1 aromatic carbocycles. The second-order valence-corrected chi connectivity index (χ2v) is 9.93. The van der Waals surface area contributed by atoms with Gasteiger partial charge in [-0.05, 0) is 48.9 Å². The highest BCUT2D eigenvalue weighted by molar-refractivity contribution is 7.89. The number of aryl methyl sites for hydroxylation is 2. The van der Waals surface area contributed by atoms with Crippen LogP contribution in [0.2, 0.25) is 0 Å². The Morgan fingerprint density at radius 2 is 1.97 bits per heavy atom. The zero-order valence-electron chi connectivity index (χ0n) is 16.9. The molecule has 1 fully saturated rings. The highest BCUT2D eigenvalue weighted by Gasteiger charge is 2.35. The molecule has 0 radical (unpaired) electrons. The fraction of sp³-hybridized carbons (Fsp3) is 0.400. The van der Waals surface area contributed by atoms with E-state index in [4.69, 9.17) is 4.74 Å². The summed E-state index contributed by atoms with van der Waals surface area (Å²) in [5.74, 6) is -1.60. The lowest BCUT2D eigenvalue weighted by atomic mass is 10.2. The summed E-state index contributed by atoms with van der Waals surface area (Å²) >= 11 is 1.48. The molecular formula is C20H25N3O5S2. The van der Waals surface area contributed by atoms with Crippen LogP contribution in [-0.4, -0.2) is 50.5 Å². The lowest BCUT2D eigenvalue weighted by Crippen LogP contribution is -2.53.